The number of nitrogens with one attached hydrogen (secondary N) is 1. The Morgan fingerprint density at radius 2 is 1.96 bits per heavy atom. The van der Waals surface area contributed by atoms with E-state index in [9.17, 15) is 4.79 Å². The summed E-state index contributed by atoms with van der Waals surface area (Å²) < 4.78 is 10.7. The smallest absolute Gasteiger partial charge is 0.271 e. The van der Waals surface area contributed by atoms with Crippen molar-refractivity contribution in [2.75, 3.05) is 26.5 Å². The molecule has 0 radical (unpaired) electrons. The SMILES string of the molecule is COc1cccc(CCNC(=O)c2nc(N)sc2-c2ccncc2)c1OC. The Balaban J connectivity index is 1.71. The predicted octanol–water partition coefficient (Wildman–Crippen LogP) is 2.78. The Hall–Kier alpha value is -3.13. The number of nitrogens with zero attached hydrogens (tertiary/aromatic N) is 2. The largest absolute Gasteiger partial charge is 0.493 e. The Labute approximate surface area is 161 Å². The van der Waals surface area contributed by atoms with Gasteiger partial charge in [-0.15, -0.1) is 0 Å². The Kier molecular flexibility index (Phi) is 5.87. The molecule has 2 heterocycles. The topological polar surface area (TPSA) is 99.4 Å². The summed E-state index contributed by atoms with van der Waals surface area (Å²) in [6, 6.07) is 9.31. The highest BCUT2D eigenvalue weighted by Crippen LogP contribution is 2.32. The van der Waals surface area contributed by atoms with Crippen LogP contribution in [0.5, 0.6) is 11.5 Å². The first kappa shape index (κ1) is 18.7. The summed E-state index contributed by atoms with van der Waals surface area (Å²) in [7, 11) is 3.19. The number of ether oxygens (including phenoxy) is 2. The zero-order chi connectivity index (χ0) is 19.2. The highest BCUT2D eigenvalue weighted by Gasteiger charge is 2.19. The molecule has 0 fully saturated rings. The van der Waals surface area contributed by atoms with E-state index in [1.165, 1.54) is 11.3 Å². The maximum Gasteiger partial charge on any atom is 0.271 e. The number of pyridine rings is 1. The van der Waals surface area contributed by atoms with Crippen molar-refractivity contribution in [2.24, 2.45) is 0 Å². The van der Waals surface area contributed by atoms with Crippen molar-refractivity contribution in [2.45, 2.75) is 6.42 Å². The minimum absolute atomic E-state index is 0.267. The van der Waals surface area contributed by atoms with Gasteiger partial charge in [-0.25, -0.2) is 4.98 Å². The molecule has 0 aliphatic carbocycles. The molecule has 3 N–H and O–H groups in total. The van der Waals surface area contributed by atoms with Crippen LogP contribution < -0.4 is 20.5 Å². The zero-order valence-electron chi connectivity index (χ0n) is 15.1. The van der Waals surface area contributed by atoms with Crippen molar-refractivity contribution >= 4 is 22.4 Å². The molecule has 2 aromatic heterocycles. The molecule has 8 heteroatoms. The molecule has 0 atom stereocenters. The lowest BCUT2D eigenvalue weighted by Gasteiger charge is -2.12. The summed E-state index contributed by atoms with van der Waals surface area (Å²) in [5.74, 6) is 1.06. The second kappa shape index (κ2) is 8.50. The number of hydrogen-bond donors (Lipinski definition) is 2. The van der Waals surface area contributed by atoms with E-state index in [4.69, 9.17) is 15.2 Å². The highest BCUT2D eigenvalue weighted by molar-refractivity contribution is 7.19. The minimum atomic E-state index is -0.267. The third kappa shape index (κ3) is 4.17. The average Bonchev–Trinajstić information content (AvgIpc) is 3.10. The fraction of sp³-hybridized carbons (Fsp3) is 0.211. The van der Waals surface area contributed by atoms with Gasteiger partial charge in [-0.05, 0) is 35.7 Å². The van der Waals surface area contributed by atoms with E-state index < -0.39 is 0 Å². The number of hydrogen-bond acceptors (Lipinski definition) is 7. The van der Waals surface area contributed by atoms with Gasteiger partial charge in [0.2, 0.25) is 0 Å². The first-order valence-electron chi connectivity index (χ1n) is 8.28. The van der Waals surface area contributed by atoms with E-state index in [0.717, 1.165) is 16.0 Å². The van der Waals surface area contributed by atoms with Crippen LogP contribution in [0.2, 0.25) is 0 Å². The molecule has 0 aliphatic heterocycles. The van der Waals surface area contributed by atoms with Gasteiger partial charge in [0.1, 0.15) is 5.69 Å². The lowest BCUT2D eigenvalue weighted by Crippen LogP contribution is -2.26. The number of anilines is 1. The van der Waals surface area contributed by atoms with Gasteiger partial charge >= 0.3 is 0 Å². The average molecular weight is 384 g/mol. The van der Waals surface area contributed by atoms with E-state index in [1.54, 1.807) is 26.6 Å². The first-order valence-corrected chi connectivity index (χ1v) is 9.10. The summed E-state index contributed by atoms with van der Waals surface area (Å²) >= 11 is 1.28. The number of methoxy groups -OCH3 is 2. The molecule has 0 saturated heterocycles. The molecular weight excluding hydrogens is 364 g/mol. The third-order valence-corrected chi connectivity index (χ3v) is 4.90. The van der Waals surface area contributed by atoms with E-state index in [2.05, 4.69) is 15.3 Å². The lowest BCUT2D eigenvalue weighted by atomic mass is 10.1. The Morgan fingerprint density at radius 3 is 2.67 bits per heavy atom. The van der Waals surface area contributed by atoms with Crippen LogP contribution in [-0.2, 0) is 6.42 Å². The molecule has 0 aliphatic rings. The van der Waals surface area contributed by atoms with Crippen LogP contribution in [-0.4, -0.2) is 36.6 Å². The number of carbonyl (C=O) groups is 1. The Bertz CT molecular complexity index is 928. The number of nitrogens with two attached hydrogens (primary N) is 1. The molecule has 27 heavy (non-hydrogen) atoms. The summed E-state index contributed by atoms with van der Waals surface area (Å²) in [6.45, 7) is 0.426. The standard InChI is InChI=1S/C19H20N4O3S/c1-25-14-5-3-4-12(16(14)26-2)8-11-22-18(24)15-17(27-19(20)23-15)13-6-9-21-10-7-13/h3-7,9-10H,8,11H2,1-2H3,(H2,20,23)(H,22,24). The molecule has 3 rings (SSSR count). The number of nitrogen functional groups attached to an aromatic ring is 1. The summed E-state index contributed by atoms with van der Waals surface area (Å²) in [5, 5.41) is 3.25. The van der Waals surface area contributed by atoms with E-state index in [-0.39, 0.29) is 5.91 Å². The van der Waals surface area contributed by atoms with Crippen LogP contribution in [0.1, 0.15) is 16.1 Å². The normalized spacial score (nSPS) is 10.4. The second-order valence-electron chi connectivity index (χ2n) is 5.62. The van der Waals surface area contributed by atoms with Gasteiger partial charge in [0.05, 0.1) is 19.1 Å². The second-order valence-corrected chi connectivity index (χ2v) is 6.65. The number of benzene rings is 1. The summed E-state index contributed by atoms with van der Waals surface area (Å²) in [6.07, 6.45) is 3.93. The van der Waals surface area contributed by atoms with Crippen LogP contribution in [0.25, 0.3) is 10.4 Å². The van der Waals surface area contributed by atoms with E-state index in [0.29, 0.717) is 35.3 Å². The lowest BCUT2D eigenvalue weighted by molar-refractivity contribution is 0.0950. The van der Waals surface area contributed by atoms with Crippen molar-refractivity contribution < 1.29 is 14.3 Å². The van der Waals surface area contributed by atoms with Crippen molar-refractivity contribution in [3.63, 3.8) is 0 Å². The van der Waals surface area contributed by atoms with Gasteiger partial charge in [-0.2, -0.15) is 0 Å². The Morgan fingerprint density at radius 1 is 1.19 bits per heavy atom. The number of para-hydroxylation sites is 1. The quantitative estimate of drug-likeness (QED) is 0.650. The highest BCUT2D eigenvalue weighted by atomic mass is 32.1. The molecule has 0 unspecified atom stereocenters. The number of amides is 1. The first-order chi connectivity index (χ1) is 13.1. The molecule has 7 nitrogen and oxygen atoms in total. The maximum absolute atomic E-state index is 12.6. The molecule has 1 aromatic carbocycles. The van der Waals surface area contributed by atoms with Crippen LogP contribution >= 0.6 is 11.3 Å². The monoisotopic (exact) mass is 384 g/mol. The predicted molar refractivity (Wildman–Crippen MR) is 105 cm³/mol. The van der Waals surface area contributed by atoms with Gasteiger partial charge in [-0.1, -0.05) is 23.5 Å². The molecule has 0 saturated carbocycles. The van der Waals surface area contributed by atoms with E-state index >= 15 is 0 Å². The zero-order valence-corrected chi connectivity index (χ0v) is 15.9. The van der Waals surface area contributed by atoms with Crippen LogP contribution in [0.4, 0.5) is 5.13 Å². The van der Waals surface area contributed by atoms with Gasteiger partial charge < -0.3 is 20.5 Å². The number of thiazole rings is 1. The van der Waals surface area contributed by atoms with Crippen LogP contribution in [0.15, 0.2) is 42.7 Å². The van der Waals surface area contributed by atoms with Gasteiger partial charge in [-0.3, -0.25) is 9.78 Å². The summed E-state index contributed by atoms with van der Waals surface area (Å²) in [4.78, 5) is 21.5. The molecule has 140 valence electrons. The summed E-state index contributed by atoms with van der Waals surface area (Å²) in [5.41, 5.74) is 7.95. The molecular formula is C19H20N4O3S. The van der Waals surface area contributed by atoms with E-state index in [1.807, 2.05) is 30.3 Å². The maximum atomic E-state index is 12.6. The number of carbonyl (C=O) groups excluding carboxylic acids is 1. The third-order valence-electron chi connectivity index (χ3n) is 3.97. The van der Waals surface area contributed by atoms with Crippen LogP contribution in [0, 0.1) is 0 Å². The fourth-order valence-corrected chi connectivity index (χ4v) is 3.57. The van der Waals surface area contributed by atoms with Crippen molar-refractivity contribution in [3.05, 3.63) is 54.0 Å². The van der Waals surface area contributed by atoms with Crippen molar-refractivity contribution in [1.82, 2.24) is 15.3 Å². The van der Waals surface area contributed by atoms with Crippen molar-refractivity contribution in [3.8, 4) is 21.9 Å². The van der Waals surface area contributed by atoms with Crippen LogP contribution in [0.3, 0.4) is 0 Å². The molecule has 0 bridgehead atoms. The van der Waals surface area contributed by atoms with Gasteiger partial charge in [0.25, 0.3) is 5.91 Å². The molecule has 3 aromatic rings. The fourth-order valence-electron chi connectivity index (χ4n) is 2.73. The number of rotatable bonds is 7. The van der Waals surface area contributed by atoms with Gasteiger partial charge in [0, 0.05) is 18.9 Å². The molecule has 1 amide bonds. The number of aromatic nitrogens is 2. The van der Waals surface area contributed by atoms with Crippen molar-refractivity contribution in [1.29, 1.82) is 0 Å². The molecule has 0 spiro atoms. The minimum Gasteiger partial charge on any atom is -0.493 e. The van der Waals surface area contributed by atoms with Gasteiger partial charge in [0.15, 0.2) is 16.6 Å².